The van der Waals surface area contributed by atoms with Crippen molar-refractivity contribution in [3.8, 4) is 17.1 Å². The number of alkyl halides is 3. The van der Waals surface area contributed by atoms with Gasteiger partial charge in [-0.05, 0) is 31.5 Å². The average Bonchev–Trinajstić information content (AvgIpc) is 2.66. The maximum absolute atomic E-state index is 12.2. The van der Waals surface area contributed by atoms with Crippen molar-refractivity contribution >= 4 is 16.7 Å². The minimum Gasteiger partial charge on any atom is -0.466 e. The lowest BCUT2D eigenvalue weighted by molar-refractivity contribution is -0.139. The molecule has 5 nitrogen and oxygen atoms in total. The number of aromatic nitrogens is 2. The van der Waals surface area contributed by atoms with Crippen LogP contribution in [0.4, 0.5) is 13.2 Å². The van der Waals surface area contributed by atoms with Gasteiger partial charge >= 0.3 is 6.18 Å². The lowest BCUT2D eigenvalue weighted by Crippen LogP contribution is -2.36. The van der Waals surface area contributed by atoms with E-state index in [0.29, 0.717) is 11.1 Å². The second-order valence-corrected chi connectivity index (χ2v) is 6.40. The van der Waals surface area contributed by atoms with E-state index < -0.39 is 25.2 Å². The molecule has 0 atom stereocenters. The summed E-state index contributed by atoms with van der Waals surface area (Å²) in [6.07, 6.45) is -4.48. The first kappa shape index (κ1) is 19.6. The van der Waals surface area contributed by atoms with Crippen LogP contribution in [0.2, 0.25) is 0 Å². The highest BCUT2D eigenvalue weighted by molar-refractivity contribution is 5.97. The molecule has 3 aromatic rings. The number of hydrogen-bond acceptors (Lipinski definition) is 4. The number of fused-ring (bicyclic) bond motifs is 1. The topological polar surface area (TPSA) is 64.1 Å². The Hall–Kier alpha value is -3.16. The van der Waals surface area contributed by atoms with E-state index >= 15 is 0 Å². The number of halogens is 3. The van der Waals surface area contributed by atoms with Crippen LogP contribution in [0, 0.1) is 13.8 Å². The highest BCUT2D eigenvalue weighted by atomic mass is 19.4. The van der Waals surface area contributed by atoms with Crippen LogP contribution >= 0.6 is 0 Å². The normalized spacial score (nSPS) is 11.5. The number of rotatable bonds is 5. The summed E-state index contributed by atoms with van der Waals surface area (Å²) >= 11 is 0. The molecule has 1 N–H and O–H groups in total. The minimum atomic E-state index is -4.48. The number of amides is 1. The maximum Gasteiger partial charge on any atom is 0.405 e. The van der Waals surface area contributed by atoms with E-state index in [9.17, 15) is 18.0 Å². The molecule has 0 bridgehead atoms. The summed E-state index contributed by atoms with van der Waals surface area (Å²) < 4.78 is 41.9. The molecule has 2 aromatic carbocycles. The number of ether oxygens (including phenoxy) is 1. The van der Waals surface area contributed by atoms with Gasteiger partial charge in [-0.15, -0.1) is 10.2 Å². The fourth-order valence-corrected chi connectivity index (χ4v) is 2.76. The summed E-state index contributed by atoms with van der Waals surface area (Å²) in [7, 11) is 0. The Kier molecular flexibility index (Phi) is 5.48. The van der Waals surface area contributed by atoms with Gasteiger partial charge in [0.05, 0.1) is 0 Å². The quantitative estimate of drug-likeness (QED) is 0.717. The summed E-state index contributed by atoms with van der Waals surface area (Å²) in [6, 6.07) is 13.3. The van der Waals surface area contributed by atoms with Gasteiger partial charge in [0.2, 0.25) is 5.88 Å². The van der Waals surface area contributed by atoms with Crippen molar-refractivity contribution in [2.24, 2.45) is 0 Å². The largest absolute Gasteiger partial charge is 0.466 e. The SMILES string of the molecule is Cc1ccc(C)c(-c2nnc(OCC(=O)NCC(F)(F)F)c3ccccc23)c1. The predicted molar refractivity (Wildman–Crippen MR) is 99.0 cm³/mol. The van der Waals surface area contributed by atoms with Gasteiger partial charge in [-0.3, -0.25) is 4.79 Å². The maximum atomic E-state index is 12.2. The van der Waals surface area contributed by atoms with Gasteiger partial charge in [-0.2, -0.15) is 13.2 Å². The fourth-order valence-electron chi connectivity index (χ4n) is 2.76. The fraction of sp³-hybridized carbons (Fsp3) is 0.250. The van der Waals surface area contributed by atoms with E-state index in [1.54, 1.807) is 17.4 Å². The highest BCUT2D eigenvalue weighted by Gasteiger charge is 2.27. The monoisotopic (exact) mass is 389 g/mol. The molecule has 0 aliphatic carbocycles. The van der Waals surface area contributed by atoms with Gasteiger partial charge in [-0.25, -0.2) is 0 Å². The molecule has 0 fully saturated rings. The van der Waals surface area contributed by atoms with Gasteiger partial charge in [0.1, 0.15) is 12.2 Å². The Morgan fingerprint density at radius 3 is 2.50 bits per heavy atom. The Balaban J connectivity index is 1.88. The lowest BCUT2D eigenvalue weighted by Gasteiger charge is -2.13. The molecular formula is C20H18F3N3O2. The summed E-state index contributed by atoms with van der Waals surface area (Å²) in [6.45, 7) is 1.96. The Morgan fingerprint density at radius 1 is 1.07 bits per heavy atom. The molecule has 1 heterocycles. The minimum absolute atomic E-state index is 0.0896. The van der Waals surface area contributed by atoms with Gasteiger partial charge in [0, 0.05) is 16.3 Å². The van der Waals surface area contributed by atoms with Crippen molar-refractivity contribution in [2.75, 3.05) is 13.2 Å². The molecule has 0 aliphatic heterocycles. The standard InChI is InChI=1S/C20H18F3N3O2/c1-12-7-8-13(2)16(9-12)18-14-5-3-4-6-15(14)19(26-25-18)28-10-17(27)24-11-20(21,22)23/h3-9H,10-11H2,1-2H3,(H,24,27). The summed E-state index contributed by atoms with van der Waals surface area (Å²) in [5.41, 5.74) is 3.71. The van der Waals surface area contributed by atoms with Crippen molar-refractivity contribution in [2.45, 2.75) is 20.0 Å². The third-order valence-electron chi connectivity index (χ3n) is 4.13. The summed E-state index contributed by atoms with van der Waals surface area (Å²) in [5.74, 6) is -0.798. The van der Waals surface area contributed by atoms with Crippen LogP contribution in [-0.2, 0) is 4.79 Å². The van der Waals surface area contributed by atoms with Crippen LogP contribution in [0.15, 0.2) is 42.5 Å². The Bertz CT molecular complexity index is 1020. The van der Waals surface area contributed by atoms with Crippen molar-refractivity contribution in [3.63, 3.8) is 0 Å². The zero-order valence-electron chi connectivity index (χ0n) is 15.3. The zero-order chi connectivity index (χ0) is 20.3. The van der Waals surface area contributed by atoms with Crippen LogP contribution in [0.25, 0.3) is 22.0 Å². The van der Waals surface area contributed by atoms with E-state index in [-0.39, 0.29) is 5.88 Å². The number of benzene rings is 2. The van der Waals surface area contributed by atoms with Crippen LogP contribution in [-0.4, -0.2) is 35.4 Å². The van der Waals surface area contributed by atoms with Gasteiger partial charge < -0.3 is 10.1 Å². The first-order valence-electron chi connectivity index (χ1n) is 8.54. The van der Waals surface area contributed by atoms with E-state index in [0.717, 1.165) is 22.1 Å². The van der Waals surface area contributed by atoms with Crippen molar-refractivity contribution in [3.05, 3.63) is 53.6 Å². The predicted octanol–water partition coefficient (Wildman–Crippen LogP) is 3.97. The van der Waals surface area contributed by atoms with Crippen LogP contribution in [0.5, 0.6) is 5.88 Å². The second-order valence-electron chi connectivity index (χ2n) is 6.40. The smallest absolute Gasteiger partial charge is 0.405 e. The molecular weight excluding hydrogens is 371 g/mol. The van der Waals surface area contributed by atoms with Gasteiger partial charge in [0.25, 0.3) is 5.91 Å². The molecule has 1 amide bonds. The van der Waals surface area contributed by atoms with E-state index in [2.05, 4.69) is 10.2 Å². The molecule has 8 heteroatoms. The molecule has 0 radical (unpaired) electrons. The number of nitrogens with zero attached hydrogens (tertiary/aromatic N) is 2. The van der Waals surface area contributed by atoms with Crippen LogP contribution in [0.1, 0.15) is 11.1 Å². The summed E-state index contributed by atoms with van der Waals surface area (Å²) in [5, 5.41) is 11.5. The van der Waals surface area contributed by atoms with Gasteiger partial charge in [-0.1, -0.05) is 35.9 Å². The summed E-state index contributed by atoms with van der Waals surface area (Å²) in [4.78, 5) is 11.6. The number of nitrogens with one attached hydrogen (secondary N) is 1. The molecule has 1 aromatic heterocycles. The second kappa shape index (κ2) is 7.84. The van der Waals surface area contributed by atoms with E-state index in [1.165, 1.54) is 0 Å². The number of carbonyl (C=O) groups is 1. The third-order valence-corrected chi connectivity index (χ3v) is 4.13. The van der Waals surface area contributed by atoms with Crippen LogP contribution < -0.4 is 10.1 Å². The number of hydrogen-bond donors (Lipinski definition) is 1. The molecule has 0 spiro atoms. The first-order chi connectivity index (χ1) is 13.2. The molecule has 3 rings (SSSR count). The molecule has 0 unspecified atom stereocenters. The van der Waals surface area contributed by atoms with Crippen molar-refractivity contribution < 1.29 is 22.7 Å². The van der Waals surface area contributed by atoms with Crippen LogP contribution in [0.3, 0.4) is 0 Å². The zero-order valence-corrected chi connectivity index (χ0v) is 15.3. The molecule has 0 saturated carbocycles. The highest BCUT2D eigenvalue weighted by Crippen LogP contribution is 2.32. The number of aryl methyl sites for hydroxylation is 2. The molecule has 146 valence electrons. The Labute approximate surface area is 159 Å². The van der Waals surface area contributed by atoms with Crippen molar-refractivity contribution in [1.29, 1.82) is 0 Å². The van der Waals surface area contributed by atoms with Crippen molar-refractivity contribution in [1.82, 2.24) is 15.5 Å². The molecule has 0 aliphatic rings. The lowest BCUT2D eigenvalue weighted by atomic mass is 9.99. The van der Waals surface area contributed by atoms with Gasteiger partial charge in [0.15, 0.2) is 6.61 Å². The first-order valence-corrected chi connectivity index (χ1v) is 8.54. The third kappa shape index (κ3) is 4.57. The molecule has 0 saturated heterocycles. The molecule has 28 heavy (non-hydrogen) atoms. The Morgan fingerprint density at radius 2 is 1.79 bits per heavy atom. The van der Waals surface area contributed by atoms with E-state index in [1.807, 2.05) is 44.2 Å². The van der Waals surface area contributed by atoms with E-state index in [4.69, 9.17) is 4.74 Å². The number of carbonyl (C=O) groups excluding carboxylic acids is 1. The average molecular weight is 389 g/mol.